The number of rotatable bonds is 9. The number of benzene rings is 2. The van der Waals surface area contributed by atoms with E-state index in [2.05, 4.69) is 9.36 Å². The van der Waals surface area contributed by atoms with Crippen molar-refractivity contribution in [3.63, 3.8) is 0 Å². The van der Waals surface area contributed by atoms with Crippen molar-refractivity contribution >= 4 is 38.3 Å². The van der Waals surface area contributed by atoms with Crippen LogP contribution in [0, 0.1) is 17.6 Å². The Balaban J connectivity index is 1.52. The number of sulfonamides is 1. The highest BCUT2D eigenvalue weighted by molar-refractivity contribution is 7.93. The van der Waals surface area contributed by atoms with Gasteiger partial charge in [-0.1, -0.05) is 23.7 Å². The summed E-state index contributed by atoms with van der Waals surface area (Å²) in [6.45, 7) is 0.213. The van der Waals surface area contributed by atoms with E-state index < -0.39 is 45.3 Å². The van der Waals surface area contributed by atoms with Crippen molar-refractivity contribution in [3.05, 3.63) is 64.9 Å². The van der Waals surface area contributed by atoms with Crippen LogP contribution in [0.25, 0.3) is 0 Å². The number of piperidine rings is 1. The van der Waals surface area contributed by atoms with Crippen molar-refractivity contribution < 1.29 is 30.7 Å². The molecule has 1 aliphatic rings. The molecule has 2 heterocycles. The molecular formula is C22H21ClF4N4O3S2. The minimum Gasteiger partial charge on any atom is -0.490 e. The Labute approximate surface area is 214 Å². The summed E-state index contributed by atoms with van der Waals surface area (Å²) in [5.41, 5.74) is 0.931. The fourth-order valence-electron chi connectivity index (χ4n) is 4.20. The number of nitrogens with one attached hydrogen (secondary N) is 1. The van der Waals surface area contributed by atoms with Gasteiger partial charge in [0.25, 0.3) is 16.4 Å². The normalized spacial score (nSPS) is 18.9. The van der Waals surface area contributed by atoms with E-state index in [1.807, 2.05) is 16.9 Å². The average molecular weight is 565 g/mol. The van der Waals surface area contributed by atoms with Crippen LogP contribution in [-0.2, 0) is 10.0 Å². The van der Waals surface area contributed by atoms with Crippen LogP contribution in [-0.4, -0.2) is 55.3 Å². The smallest absolute Gasteiger partial charge is 0.266 e. The zero-order chi connectivity index (χ0) is 25.9. The van der Waals surface area contributed by atoms with Gasteiger partial charge in [-0.3, -0.25) is 9.62 Å². The second-order valence-corrected chi connectivity index (χ2v) is 11.1. The molecule has 0 bridgehead atoms. The van der Waals surface area contributed by atoms with Crippen LogP contribution < -0.4 is 9.46 Å². The summed E-state index contributed by atoms with van der Waals surface area (Å²) in [4.78, 5) is 4.35. The van der Waals surface area contributed by atoms with E-state index in [0.717, 1.165) is 23.4 Å². The van der Waals surface area contributed by atoms with Crippen LogP contribution in [0.1, 0.15) is 17.9 Å². The first-order valence-electron chi connectivity index (χ1n) is 10.8. The molecule has 0 aliphatic carbocycles. The van der Waals surface area contributed by atoms with Crippen molar-refractivity contribution in [2.24, 2.45) is 5.92 Å². The summed E-state index contributed by atoms with van der Waals surface area (Å²) in [6.07, 6.45) is -0.830. The topological polar surface area (TPSA) is 84.4 Å². The van der Waals surface area contributed by atoms with Gasteiger partial charge < -0.3 is 4.74 Å². The zero-order valence-corrected chi connectivity index (χ0v) is 21.0. The fraction of sp³-hybridized carbons (Fsp3) is 0.364. The van der Waals surface area contributed by atoms with Crippen LogP contribution in [0.4, 0.5) is 22.7 Å². The number of hydrogen-bond donors (Lipinski definition) is 1. The maximum atomic E-state index is 14.8. The number of aromatic nitrogens is 2. The molecule has 1 aromatic heterocycles. The van der Waals surface area contributed by atoms with Gasteiger partial charge in [-0.05, 0) is 36.6 Å². The first kappa shape index (κ1) is 26.6. The van der Waals surface area contributed by atoms with Gasteiger partial charge in [0.2, 0.25) is 5.13 Å². The van der Waals surface area contributed by atoms with Gasteiger partial charge in [0, 0.05) is 41.2 Å². The number of halogens is 5. The molecule has 3 aromatic rings. The van der Waals surface area contributed by atoms with Gasteiger partial charge >= 0.3 is 0 Å². The molecule has 0 amide bonds. The Morgan fingerprint density at radius 2 is 1.94 bits per heavy atom. The lowest BCUT2D eigenvalue weighted by atomic mass is 9.81. The Bertz CT molecular complexity index is 1280. The summed E-state index contributed by atoms with van der Waals surface area (Å²) in [7, 11) is -4.46. The van der Waals surface area contributed by atoms with Crippen LogP contribution >= 0.6 is 23.1 Å². The fourth-order valence-corrected chi connectivity index (χ4v) is 6.06. The molecule has 7 nitrogen and oxygen atoms in total. The lowest BCUT2D eigenvalue weighted by Gasteiger charge is -2.38. The molecule has 0 saturated carbocycles. The van der Waals surface area contributed by atoms with E-state index in [4.69, 9.17) is 16.3 Å². The maximum absolute atomic E-state index is 14.8. The number of ether oxygens (including phenoxy) is 1. The lowest BCUT2D eigenvalue weighted by molar-refractivity contribution is 0.0466. The molecular weight excluding hydrogens is 544 g/mol. The largest absolute Gasteiger partial charge is 0.490 e. The molecule has 14 heteroatoms. The molecule has 1 N–H and O–H groups in total. The molecule has 1 unspecified atom stereocenters. The highest BCUT2D eigenvalue weighted by Crippen LogP contribution is 2.35. The van der Waals surface area contributed by atoms with Crippen molar-refractivity contribution in [1.82, 2.24) is 14.3 Å². The van der Waals surface area contributed by atoms with E-state index in [9.17, 15) is 26.0 Å². The maximum Gasteiger partial charge on any atom is 0.266 e. The second kappa shape index (κ2) is 11.3. The highest BCUT2D eigenvalue weighted by atomic mass is 35.5. The SMILES string of the molecule is O=S(=O)(Nc1ncns1)c1cc(F)c(OC[C@@H]2CN(CC(F)F)CCC2c2ccc(Cl)cc2)cc1F. The van der Waals surface area contributed by atoms with Crippen molar-refractivity contribution in [2.45, 2.75) is 23.7 Å². The Kier molecular flexibility index (Phi) is 8.33. The Morgan fingerprint density at radius 3 is 2.61 bits per heavy atom. The van der Waals surface area contributed by atoms with Crippen molar-refractivity contribution in [1.29, 1.82) is 0 Å². The van der Waals surface area contributed by atoms with Crippen molar-refractivity contribution in [3.8, 4) is 5.75 Å². The van der Waals surface area contributed by atoms with Crippen molar-refractivity contribution in [2.75, 3.05) is 31.0 Å². The molecule has 0 radical (unpaired) electrons. The monoisotopic (exact) mass is 564 g/mol. The lowest BCUT2D eigenvalue weighted by Crippen LogP contribution is -2.43. The van der Waals surface area contributed by atoms with Crippen LogP contribution in [0.5, 0.6) is 5.75 Å². The number of anilines is 1. The molecule has 4 rings (SSSR count). The molecule has 1 saturated heterocycles. The summed E-state index contributed by atoms with van der Waals surface area (Å²) in [5, 5.41) is 0.448. The van der Waals surface area contributed by atoms with Gasteiger partial charge in [0.1, 0.15) is 17.0 Å². The molecule has 1 aliphatic heterocycles. The number of nitrogens with zero attached hydrogens (tertiary/aromatic N) is 3. The second-order valence-electron chi connectivity index (χ2n) is 8.23. The number of alkyl halides is 2. The Hall–Kier alpha value is -2.48. The van der Waals surface area contributed by atoms with Gasteiger partial charge in [-0.25, -0.2) is 31.0 Å². The van der Waals surface area contributed by atoms with Gasteiger partial charge in [0.05, 0.1) is 13.2 Å². The minimum atomic E-state index is -4.46. The highest BCUT2D eigenvalue weighted by Gasteiger charge is 2.32. The molecule has 194 valence electrons. The van der Waals surface area contributed by atoms with E-state index in [-0.39, 0.29) is 30.1 Å². The summed E-state index contributed by atoms with van der Waals surface area (Å²) in [6, 6.07) is 8.31. The molecule has 2 atom stereocenters. The van der Waals surface area contributed by atoms with E-state index in [1.165, 1.54) is 0 Å². The van der Waals surface area contributed by atoms with Crippen LogP contribution in [0.2, 0.25) is 5.02 Å². The first-order valence-corrected chi connectivity index (χ1v) is 13.4. The Morgan fingerprint density at radius 1 is 1.19 bits per heavy atom. The van der Waals surface area contributed by atoms with E-state index in [1.54, 1.807) is 17.0 Å². The van der Waals surface area contributed by atoms with E-state index in [0.29, 0.717) is 30.1 Å². The van der Waals surface area contributed by atoms with E-state index >= 15 is 0 Å². The third-order valence-corrected chi connectivity index (χ3v) is 8.14. The standard InChI is InChI=1S/C22H21ClF4N4O3S2/c23-15-3-1-13(2-4-15)16-5-6-31(10-21(26)27)9-14(16)11-34-19-7-18(25)20(8-17(19)24)36(32,33)30-22-28-12-29-35-22/h1-4,7-8,12,14,16,21H,5-6,9-11H2,(H,28,29,30)/t14-,16?/m0/s1. The van der Waals surface area contributed by atoms with Gasteiger partial charge in [0.15, 0.2) is 11.6 Å². The third kappa shape index (κ3) is 6.44. The van der Waals surface area contributed by atoms with Crippen LogP contribution in [0.15, 0.2) is 47.6 Å². The number of likely N-dealkylation sites (tertiary alicyclic amines) is 1. The summed E-state index contributed by atoms with van der Waals surface area (Å²) >= 11 is 6.71. The molecule has 36 heavy (non-hydrogen) atoms. The summed E-state index contributed by atoms with van der Waals surface area (Å²) in [5.74, 6) is -3.19. The molecule has 0 spiro atoms. The number of hydrogen-bond acceptors (Lipinski definition) is 7. The first-order chi connectivity index (χ1) is 17.1. The molecule has 2 aromatic carbocycles. The predicted octanol–water partition coefficient (Wildman–Crippen LogP) is 5.02. The van der Waals surface area contributed by atoms with Crippen LogP contribution in [0.3, 0.4) is 0 Å². The predicted molar refractivity (Wildman–Crippen MR) is 127 cm³/mol. The van der Waals surface area contributed by atoms with Gasteiger partial charge in [-0.2, -0.15) is 4.37 Å². The van der Waals surface area contributed by atoms with Gasteiger partial charge in [-0.15, -0.1) is 0 Å². The minimum absolute atomic E-state index is 0.0835. The third-order valence-electron chi connectivity index (χ3n) is 5.82. The zero-order valence-electron chi connectivity index (χ0n) is 18.6. The molecule has 1 fully saturated rings. The summed E-state index contributed by atoms with van der Waals surface area (Å²) < 4.78 is 91.5. The average Bonchev–Trinajstić information content (AvgIpc) is 3.32. The quantitative estimate of drug-likeness (QED) is 0.367.